The highest BCUT2D eigenvalue weighted by Gasteiger charge is 2.34. The SMILES string of the molecule is CC(=O)N1CCc2ccccc2C1c1c(O)[nH]c(=O)[nH]c1=O. The summed E-state index contributed by atoms with van der Waals surface area (Å²) in [4.78, 5) is 41.2. The monoisotopic (exact) mass is 301 g/mol. The number of rotatable bonds is 1. The van der Waals surface area contributed by atoms with Gasteiger partial charge >= 0.3 is 5.69 Å². The first kappa shape index (κ1) is 14.1. The number of aromatic amines is 2. The van der Waals surface area contributed by atoms with Gasteiger partial charge in [-0.1, -0.05) is 24.3 Å². The average molecular weight is 301 g/mol. The van der Waals surface area contributed by atoms with Crippen molar-refractivity contribution < 1.29 is 9.90 Å². The molecule has 2 heterocycles. The molecule has 22 heavy (non-hydrogen) atoms. The van der Waals surface area contributed by atoms with Crippen molar-refractivity contribution in [2.24, 2.45) is 0 Å². The lowest BCUT2D eigenvalue weighted by Crippen LogP contribution is -2.42. The van der Waals surface area contributed by atoms with Crippen molar-refractivity contribution in [3.63, 3.8) is 0 Å². The normalized spacial score (nSPS) is 17.1. The number of aromatic nitrogens is 2. The van der Waals surface area contributed by atoms with Crippen LogP contribution in [0.2, 0.25) is 0 Å². The second-order valence-electron chi connectivity index (χ2n) is 5.23. The predicted molar refractivity (Wildman–Crippen MR) is 78.7 cm³/mol. The Balaban J connectivity index is 2.28. The first-order valence-electron chi connectivity index (χ1n) is 6.89. The standard InChI is InChI=1S/C15H15N3O4/c1-8(19)18-7-6-9-4-2-3-5-10(9)12(18)11-13(20)16-15(22)17-14(11)21/h2-5,12H,6-7H2,1H3,(H3,16,17,20,21,22). The molecular formula is C15H15N3O4. The fourth-order valence-corrected chi connectivity index (χ4v) is 2.95. The molecule has 0 aliphatic carbocycles. The van der Waals surface area contributed by atoms with Crippen LogP contribution < -0.4 is 11.2 Å². The van der Waals surface area contributed by atoms with E-state index < -0.39 is 23.2 Å². The van der Waals surface area contributed by atoms with E-state index in [0.717, 1.165) is 11.1 Å². The molecule has 7 heteroatoms. The molecule has 1 unspecified atom stereocenters. The zero-order valence-electron chi connectivity index (χ0n) is 11.9. The minimum Gasteiger partial charge on any atom is -0.494 e. The van der Waals surface area contributed by atoms with Gasteiger partial charge in [-0.15, -0.1) is 0 Å². The van der Waals surface area contributed by atoms with Crippen molar-refractivity contribution >= 4 is 5.91 Å². The molecule has 3 N–H and O–H groups in total. The summed E-state index contributed by atoms with van der Waals surface area (Å²) < 4.78 is 0. The number of carbonyl (C=O) groups excluding carboxylic acids is 1. The van der Waals surface area contributed by atoms with Crippen LogP contribution in [0, 0.1) is 0 Å². The molecule has 0 radical (unpaired) electrons. The molecular weight excluding hydrogens is 286 g/mol. The van der Waals surface area contributed by atoms with Crippen molar-refractivity contribution in [1.29, 1.82) is 0 Å². The van der Waals surface area contributed by atoms with Crippen LogP contribution in [0.5, 0.6) is 5.88 Å². The van der Waals surface area contributed by atoms with Gasteiger partial charge in [0.25, 0.3) is 5.56 Å². The zero-order valence-corrected chi connectivity index (χ0v) is 11.9. The Morgan fingerprint density at radius 3 is 2.68 bits per heavy atom. The summed E-state index contributed by atoms with van der Waals surface area (Å²) >= 11 is 0. The van der Waals surface area contributed by atoms with Gasteiger partial charge in [-0.25, -0.2) is 4.79 Å². The molecule has 0 spiro atoms. The van der Waals surface area contributed by atoms with Crippen molar-refractivity contribution in [3.8, 4) is 5.88 Å². The van der Waals surface area contributed by atoms with E-state index in [1.165, 1.54) is 11.8 Å². The van der Waals surface area contributed by atoms with Crippen LogP contribution in [-0.4, -0.2) is 32.4 Å². The summed E-state index contributed by atoms with van der Waals surface area (Å²) in [6, 6.07) is 6.72. The zero-order chi connectivity index (χ0) is 15.9. The second-order valence-corrected chi connectivity index (χ2v) is 5.23. The van der Waals surface area contributed by atoms with Gasteiger partial charge in [-0.3, -0.25) is 19.6 Å². The maximum atomic E-state index is 12.2. The molecule has 1 aromatic carbocycles. The summed E-state index contributed by atoms with van der Waals surface area (Å²) in [5.74, 6) is -0.716. The highest BCUT2D eigenvalue weighted by molar-refractivity contribution is 5.75. The Morgan fingerprint density at radius 1 is 1.27 bits per heavy atom. The van der Waals surface area contributed by atoms with Crippen LogP contribution in [0.1, 0.15) is 29.7 Å². The second kappa shape index (κ2) is 5.18. The number of nitrogens with one attached hydrogen (secondary N) is 2. The molecule has 0 fully saturated rings. The van der Waals surface area contributed by atoms with Gasteiger partial charge in [0.2, 0.25) is 11.8 Å². The number of hydrogen-bond donors (Lipinski definition) is 3. The summed E-state index contributed by atoms with van der Waals surface area (Å²) in [7, 11) is 0. The Kier molecular flexibility index (Phi) is 3.32. The highest BCUT2D eigenvalue weighted by atomic mass is 16.3. The quantitative estimate of drug-likeness (QED) is 0.702. The third-order valence-electron chi connectivity index (χ3n) is 3.92. The van der Waals surface area contributed by atoms with Gasteiger partial charge in [-0.05, 0) is 17.5 Å². The first-order valence-corrected chi connectivity index (χ1v) is 6.89. The first-order chi connectivity index (χ1) is 10.5. The molecule has 1 aliphatic rings. The topological polar surface area (TPSA) is 106 Å². The maximum absolute atomic E-state index is 12.2. The molecule has 0 saturated heterocycles. The number of hydrogen-bond acceptors (Lipinski definition) is 4. The third kappa shape index (κ3) is 2.20. The number of carbonyl (C=O) groups is 1. The summed E-state index contributed by atoms with van der Waals surface area (Å²) in [6.45, 7) is 1.85. The van der Waals surface area contributed by atoms with E-state index in [1.807, 2.05) is 24.3 Å². The van der Waals surface area contributed by atoms with Crippen LogP contribution >= 0.6 is 0 Å². The van der Waals surface area contributed by atoms with Gasteiger partial charge in [0.1, 0.15) is 5.56 Å². The van der Waals surface area contributed by atoms with Gasteiger partial charge in [-0.2, -0.15) is 0 Å². The molecule has 7 nitrogen and oxygen atoms in total. The summed E-state index contributed by atoms with van der Waals surface area (Å²) in [5.41, 5.74) is 0.271. The van der Waals surface area contributed by atoms with Crippen molar-refractivity contribution in [2.75, 3.05) is 6.54 Å². The summed E-state index contributed by atoms with van der Waals surface area (Å²) in [5, 5.41) is 10.0. The Labute approximate surface area is 125 Å². The van der Waals surface area contributed by atoms with E-state index in [4.69, 9.17) is 0 Å². The number of nitrogens with zero attached hydrogens (tertiary/aromatic N) is 1. The third-order valence-corrected chi connectivity index (χ3v) is 3.92. The van der Waals surface area contributed by atoms with E-state index in [-0.39, 0.29) is 11.5 Å². The highest BCUT2D eigenvalue weighted by Crippen LogP contribution is 2.35. The number of benzene rings is 1. The van der Waals surface area contributed by atoms with Crippen LogP contribution in [-0.2, 0) is 11.2 Å². The summed E-state index contributed by atoms with van der Waals surface area (Å²) in [6.07, 6.45) is 0.675. The molecule has 1 amide bonds. The molecule has 114 valence electrons. The molecule has 1 aromatic heterocycles. The van der Waals surface area contributed by atoms with Crippen LogP contribution in [0.15, 0.2) is 33.9 Å². The molecule has 1 aliphatic heterocycles. The Bertz CT molecular complexity index is 852. The largest absolute Gasteiger partial charge is 0.494 e. The number of amides is 1. The van der Waals surface area contributed by atoms with E-state index in [0.29, 0.717) is 13.0 Å². The van der Waals surface area contributed by atoms with E-state index in [2.05, 4.69) is 9.97 Å². The van der Waals surface area contributed by atoms with Crippen molar-refractivity contribution in [1.82, 2.24) is 14.9 Å². The van der Waals surface area contributed by atoms with Crippen molar-refractivity contribution in [3.05, 3.63) is 61.8 Å². The fraction of sp³-hybridized carbons (Fsp3) is 0.267. The fourth-order valence-electron chi connectivity index (χ4n) is 2.95. The lowest BCUT2D eigenvalue weighted by Gasteiger charge is -2.36. The smallest absolute Gasteiger partial charge is 0.328 e. The van der Waals surface area contributed by atoms with Crippen LogP contribution in [0.4, 0.5) is 0 Å². The predicted octanol–water partition coefficient (Wildman–Crippen LogP) is 0.263. The van der Waals surface area contributed by atoms with Crippen molar-refractivity contribution in [2.45, 2.75) is 19.4 Å². The molecule has 0 saturated carbocycles. The minimum atomic E-state index is -0.787. The Morgan fingerprint density at radius 2 is 2.00 bits per heavy atom. The Hall–Kier alpha value is -2.83. The lowest BCUT2D eigenvalue weighted by atomic mass is 9.89. The van der Waals surface area contributed by atoms with Gasteiger partial charge in [0.05, 0.1) is 6.04 Å². The van der Waals surface area contributed by atoms with Gasteiger partial charge in [0, 0.05) is 13.5 Å². The average Bonchev–Trinajstić information content (AvgIpc) is 2.46. The lowest BCUT2D eigenvalue weighted by molar-refractivity contribution is -0.130. The maximum Gasteiger partial charge on any atom is 0.328 e. The number of fused-ring (bicyclic) bond motifs is 1. The molecule has 3 rings (SSSR count). The van der Waals surface area contributed by atoms with E-state index in [1.54, 1.807) is 0 Å². The van der Waals surface area contributed by atoms with E-state index >= 15 is 0 Å². The minimum absolute atomic E-state index is 0.0260. The molecule has 2 aromatic rings. The molecule has 0 bridgehead atoms. The van der Waals surface area contributed by atoms with E-state index in [9.17, 15) is 19.5 Å². The van der Waals surface area contributed by atoms with Crippen LogP contribution in [0.25, 0.3) is 0 Å². The number of aromatic hydroxyl groups is 1. The molecule has 1 atom stereocenters. The van der Waals surface area contributed by atoms with Crippen LogP contribution in [0.3, 0.4) is 0 Å². The van der Waals surface area contributed by atoms with Gasteiger partial charge in [0.15, 0.2) is 0 Å². The number of H-pyrrole nitrogens is 2. The van der Waals surface area contributed by atoms with Gasteiger partial charge < -0.3 is 10.0 Å².